The van der Waals surface area contributed by atoms with E-state index in [9.17, 15) is 4.79 Å². The van der Waals surface area contributed by atoms with Crippen molar-refractivity contribution in [1.82, 2.24) is 4.98 Å². The molecule has 1 aromatic heterocycles. The van der Waals surface area contributed by atoms with Crippen LogP contribution in [-0.4, -0.2) is 11.1 Å². The fourth-order valence-electron chi connectivity index (χ4n) is 1.35. The molecular weight excluding hydrogens is 230 g/mol. The van der Waals surface area contributed by atoms with Crippen LogP contribution in [0.3, 0.4) is 0 Å². The van der Waals surface area contributed by atoms with Gasteiger partial charge < -0.3 is 9.47 Å². The van der Waals surface area contributed by atoms with E-state index in [0.717, 1.165) is 11.1 Å². The summed E-state index contributed by atoms with van der Waals surface area (Å²) < 4.78 is 9.86. The van der Waals surface area contributed by atoms with E-state index in [4.69, 9.17) is 9.47 Å². The van der Waals surface area contributed by atoms with Crippen LogP contribution in [0.5, 0.6) is 5.88 Å². The summed E-state index contributed by atoms with van der Waals surface area (Å²) in [4.78, 5) is 15.2. The Morgan fingerprint density at radius 1 is 1.17 bits per heavy atom. The molecule has 0 aliphatic carbocycles. The zero-order chi connectivity index (χ0) is 12.8. The molecule has 1 heterocycles. The Morgan fingerprint density at radius 2 is 1.94 bits per heavy atom. The van der Waals surface area contributed by atoms with Crippen molar-refractivity contribution in [1.29, 1.82) is 0 Å². The molecule has 0 saturated carbocycles. The van der Waals surface area contributed by atoms with Crippen LogP contribution in [0, 0.1) is 6.92 Å². The van der Waals surface area contributed by atoms with Crippen LogP contribution in [0.4, 0.5) is 4.79 Å². The van der Waals surface area contributed by atoms with Crippen LogP contribution in [0.2, 0.25) is 0 Å². The number of hydrogen-bond donors (Lipinski definition) is 0. The van der Waals surface area contributed by atoms with Gasteiger partial charge in [-0.15, -0.1) is 0 Å². The van der Waals surface area contributed by atoms with Crippen molar-refractivity contribution in [3.8, 4) is 5.88 Å². The number of pyridine rings is 1. The molecule has 4 heteroatoms. The van der Waals surface area contributed by atoms with Gasteiger partial charge in [0.25, 0.3) is 0 Å². The lowest BCUT2D eigenvalue weighted by Gasteiger charge is -2.05. The van der Waals surface area contributed by atoms with Crippen molar-refractivity contribution in [2.75, 3.05) is 0 Å². The fraction of sp³-hybridized carbons (Fsp3) is 0.143. The Labute approximate surface area is 105 Å². The summed E-state index contributed by atoms with van der Waals surface area (Å²) in [5.41, 5.74) is 2.08. The number of hydrogen-bond acceptors (Lipinski definition) is 4. The Morgan fingerprint density at radius 3 is 2.61 bits per heavy atom. The van der Waals surface area contributed by atoms with Crippen LogP contribution < -0.4 is 4.74 Å². The smallest absolute Gasteiger partial charge is 0.429 e. The highest BCUT2D eigenvalue weighted by atomic mass is 16.7. The van der Waals surface area contributed by atoms with Crippen molar-refractivity contribution in [2.24, 2.45) is 0 Å². The predicted octanol–water partition coefficient (Wildman–Crippen LogP) is 3.11. The topological polar surface area (TPSA) is 48.4 Å². The summed E-state index contributed by atoms with van der Waals surface area (Å²) >= 11 is 0. The molecule has 0 fully saturated rings. The van der Waals surface area contributed by atoms with Gasteiger partial charge in [-0.25, -0.2) is 9.78 Å². The molecule has 0 atom stereocenters. The van der Waals surface area contributed by atoms with Crippen molar-refractivity contribution >= 4 is 6.16 Å². The molecule has 0 N–H and O–H groups in total. The molecule has 92 valence electrons. The van der Waals surface area contributed by atoms with E-state index in [0.29, 0.717) is 0 Å². The second kappa shape index (κ2) is 5.82. The van der Waals surface area contributed by atoms with Crippen LogP contribution in [0.1, 0.15) is 11.1 Å². The number of nitrogens with zero attached hydrogens (tertiary/aromatic N) is 1. The Hall–Kier alpha value is -2.36. The Balaban J connectivity index is 1.83. The molecule has 0 aliphatic heterocycles. The number of rotatable bonds is 3. The first kappa shape index (κ1) is 12.1. The minimum absolute atomic E-state index is 0.186. The molecule has 0 amide bonds. The monoisotopic (exact) mass is 243 g/mol. The summed E-state index contributed by atoms with van der Waals surface area (Å²) in [7, 11) is 0. The normalized spacial score (nSPS) is 9.83. The average molecular weight is 243 g/mol. The third kappa shape index (κ3) is 3.59. The van der Waals surface area contributed by atoms with Gasteiger partial charge in [0, 0.05) is 12.3 Å². The van der Waals surface area contributed by atoms with Gasteiger partial charge in [0.05, 0.1) is 0 Å². The Kier molecular flexibility index (Phi) is 3.91. The second-order valence-electron chi connectivity index (χ2n) is 3.79. The summed E-state index contributed by atoms with van der Waals surface area (Å²) in [5.74, 6) is 0.228. The van der Waals surface area contributed by atoms with E-state index in [2.05, 4.69) is 4.98 Å². The number of aryl methyl sites for hydroxylation is 1. The molecule has 1 aromatic carbocycles. The van der Waals surface area contributed by atoms with Gasteiger partial charge >= 0.3 is 6.16 Å². The minimum atomic E-state index is -0.755. The quantitative estimate of drug-likeness (QED) is 0.777. The molecule has 0 unspecified atom stereocenters. The van der Waals surface area contributed by atoms with Crippen molar-refractivity contribution in [3.05, 3.63) is 59.8 Å². The maximum Gasteiger partial charge on any atom is 0.515 e. The SMILES string of the molecule is Cc1ccc(COC(=O)Oc2ccccn2)cc1. The number of aromatic nitrogens is 1. The molecule has 0 radical (unpaired) electrons. The Bertz CT molecular complexity index is 508. The molecule has 2 aromatic rings. The standard InChI is InChI=1S/C14H13NO3/c1-11-5-7-12(8-6-11)10-17-14(16)18-13-4-2-3-9-15-13/h2-9H,10H2,1H3. The highest BCUT2D eigenvalue weighted by molar-refractivity contribution is 5.63. The summed E-state index contributed by atoms with van der Waals surface area (Å²) in [6, 6.07) is 12.8. The molecule has 0 bridgehead atoms. The van der Waals surface area contributed by atoms with Crippen LogP contribution in [-0.2, 0) is 11.3 Å². The zero-order valence-corrected chi connectivity index (χ0v) is 10.00. The largest absolute Gasteiger partial charge is 0.515 e. The van der Waals surface area contributed by atoms with Crippen LogP contribution >= 0.6 is 0 Å². The highest BCUT2D eigenvalue weighted by Crippen LogP contribution is 2.07. The van der Waals surface area contributed by atoms with Gasteiger partial charge in [-0.3, -0.25) is 0 Å². The van der Waals surface area contributed by atoms with Gasteiger partial charge in [-0.2, -0.15) is 0 Å². The van der Waals surface area contributed by atoms with Gasteiger partial charge in [-0.1, -0.05) is 35.9 Å². The van der Waals surface area contributed by atoms with E-state index in [1.807, 2.05) is 31.2 Å². The number of carbonyl (C=O) groups excluding carboxylic acids is 1. The predicted molar refractivity (Wildman–Crippen MR) is 66.2 cm³/mol. The average Bonchev–Trinajstić information content (AvgIpc) is 2.39. The number of carbonyl (C=O) groups is 1. The van der Waals surface area contributed by atoms with E-state index in [-0.39, 0.29) is 12.5 Å². The molecular formula is C14H13NO3. The van der Waals surface area contributed by atoms with E-state index in [1.54, 1.807) is 24.4 Å². The summed E-state index contributed by atoms with van der Waals surface area (Å²) in [6.07, 6.45) is 0.789. The highest BCUT2D eigenvalue weighted by Gasteiger charge is 2.06. The summed E-state index contributed by atoms with van der Waals surface area (Å²) in [5, 5.41) is 0. The third-order valence-corrected chi connectivity index (χ3v) is 2.30. The maximum absolute atomic E-state index is 11.4. The van der Waals surface area contributed by atoms with Crippen molar-refractivity contribution < 1.29 is 14.3 Å². The molecule has 18 heavy (non-hydrogen) atoms. The lowest BCUT2D eigenvalue weighted by Crippen LogP contribution is -2.11. The van der Waals surface area contributed by atoms with E-state index < -0.39 is 6.16 Å². The lowest BCUT2D eigenvalue weighted by atomic mass is 10.2. The van der Waals surface area contributed by atoms with Crippen LogP contribution in [0.15, 0.2) is 48.7 Å². The molecule has 4 nitrogen and oxygen atoms in total. The first-order chi connectivity index (χ1) is 8.74. The second-order valence-corrected chi connectivity index (χ2v) is 3.79. The zero-order valence-electron chi connectivity index (χ0n) is 10.00. The molecule has 0 saturated heterocycles. The van der Waals surface area contributed by atoms with Crippen molar-refractivity contribution in [2.45, 2.75) is 13.5 Å². The number of ether oxygens (including phenoxy) is 2. The molecule has 0 spiro atoms. The van der Waals surface area contributed by atoms with Crippen molar-refractivity contribution in [3.63, 3.8) is 0 Å². The first-order valence-electron chi connectivity index (χ1n) is 5.55. The van der Waals surface area contributed by atoms with E-state index in [1.165, 1.54) is 0 Å². The van der Waals surface area contributed by atoms with Gasteiger partial charge in [0.2, 0.25) is 5.88 Å². The van der Waals surface area contributed by atoms with Gasteiger partial charge in [0.15, 0.2) is 0 Å². The third-order valence-electron chi connectivity index (χ3n) is 2.30. The molecule has 2 rings (SSSR count). The van der Waals surface area contributed by atoms with Crippen LogP contribution in [0.25, 0.3) is 0 Å². The fourth-order valence-corrected chi connectivity index (χ4v) is 1.35. The number of benzene rings is 1. The minimum Gasteiger partial charge on any atom is -0.429 e. The maximum atomic E-state index is 11.4. The molecule has 0 aliphatic rings. The summed E-state index contributed by atoms with van der Waals surface area (Å²) in [6.45, 7) is 2.19. The lowest BCUT2D eigenvalue weighted by molar-refractivity contribution is 0.0912. The first-order valence-corrected chi connectivity index (χ1v) is 5.55. The van der Waals surface area contributed by atoms with E-state index >= 15 is 0 Å². The van der Waals surface area contributed by atoms with Gasteiger partial charge in [-0.05, 0) is 18.6 Å². The van der Waals surface area contributed by atoms with Gasteiger partial charge in [0.1, 0.15) is 6.61 Å².